The number of para-hydroxylation sites is 1. The van der Waals surface area contributed by atoms with Crippen LogP contribution in [0.3, 0.4) is 0 Å². The number of amides is 1. The number of hydrogen-bond acceptors (Lipinski definition) is 4. The lowest BCUT2D eigenvalue weighted by atomic mass is 10.0. The second-order valence-electron chi connectivity index (χ2n) is 8.04. The minimum Gasteiger partial charge on any atom is -0.446 e. The number of aromatic amines is 1. The van der Waals surface area contributed by atoms with Gasteiger partial charge in [-0.15, -0.1) is 0 Å². The number of H-pyrrole nitrogens is 1. The molecule has 2 unspecified atom stereocenters. The van der Waals surface area contributed by atoms with Crippen molar-refractivity contribution in [1.82, 2.24) is 15.3 Å². The fraction of sp³-hybridized carbons (Fsp3) is 0.154. The van der Waals surface area contributed by atoms with Crippen LogP contribution in [0, 0.1) is 0 Å². The maximum atomic E-state index is 12.7. The highest BCUT2D eigenvalue weighted by Gasteiger charge is 2.20. The molecule has 2 aromatic heterocycles. The van der Waals surface area contributed by atoms with Gasteiger partial charge in [-0.3, -0.25) is 4.79 Å². The van der Waals surface area contributed by atoms with Crippen LogP contribution in [0.25, 0.3) is 21.7 Å². The Bertz CT molecular complexity index is 1400. The highest BCUT2D eigenvalue weighted by atomic mass is 16.3. The first kappa shape index (κ1) is 20.0. The highest BCUT2D eigenvalue weighted by molar-refractivity contribution is 5.92. The van der Waals surface area contributed by atoms with Crippen molar-refractivity contribution in [1.29, 1.82) is 0 Å². The lowest BCUT2D eigenvalue weighted by molar-refractivity contribution is 0.0935. The van der Waals surface area contributed by atoms with Crippen LogP contribution < -0.4 is 11.1 Å². The van der Waals surface area contributed by atoms with E-state index >= 15 is 0 Å². The number of nitrogens with zero attached hydrogens (tertiary/aromatic N) is 1. The van der Waals surface area contributed by atoms with Gasteiger partial charge in [0.15, 0.2) is 5.69 Å². The molecule has 0 fully saturated rings. The summed E-state index contributed by atoms with van der Waals surface area (Å²) in [6.45, 7) is 1.95. The Labute approximate surface area is 185 Å². The maximum absolute atomic E-state index is 12.7. The van der Waals surface area contributed by atoms with Crippen LogP contribution in [0.2, 0.25) is 0 Å². The maximum Gasteiger partial charge on any atom is 0.273 e. The van der Waals surface area contributed by atoms with Gasteiger partial charge in [-0.2, -0.15) is 0 Å². The number of nitrogens with two attached hydrogens (primary N) is 1. The molecule has 160 valence electrons. The Kier molecular flexibility index (Phi) is 5.21. The molecule has 32 heavy (non-hydrogen) atoms. The predicted molar refractivity (Wildman–Crippen MR) is 125 cm³/mol. The molecule has 6 heteroatoms. The Morgan fingerprint density at radius 1 is 1.09 bits per heavy atom. The highest BCUT2D eigenvalue weighted by Crippen LogP contribution is 2.24. The normalized spacial score (nSPS) is 13.3. The fourth-order valence-electron chi connectivity index (χ4n) is 4.02. The minimum absolute atomic E-state index is 0.174. The number of fused-ring (bicyclic) bond motifs is 2. The largest absolute Gasteiger partial charge is 0.446 e. The van der Waals surface area contributed by atoms with Gasteiger partial charge in [-0.05, 0) is 47.4 Å². The minimum atomic E-state index is -0.450. The van der Waals surface area contributed by atoms with Gasteiger partial charge in [-0.25, -0.2) is 4.98 Å². The van der Waals surface area contributed by atoms with Gasteiger partial charge in [0.1, 0.15) is 6.26 Å². The van der Waals surface area contributed by atoms with Crippen LogP contribution in [-0.4, -0.2) is 15.9 Å². The quantitative estimate of drug-likeness (QED) is 0.356. The zero-order valence-electron chi connectivity index (χ0n) is 17.7. The number of nitrogens with one attached hydrogen (secondary N) is 2. The lowest BCUT2D eigenvalue weighted by Crippen LogP contribution is -2.27. The van der Waals surface area contributed by atoms with Gasteiger partial charge in [0.2, 0.25) is 5.89 Å². The molecule has 3 aromatic carbocycles. The molecule has 1 amide bonds. The fourth-order valence-corrected chi connectivity index (χ4v) is 4.02. The predicted octanol–water partition coefficient (Wildman–Crippen LogP) is 5.04. The number of carbonyl (C=O) groups is 1. The van der Waals surface area contributed by atoms with E-state index in [0.29, 0.717) is 12.3 Å². The number of aromatic nitrogens is 2. The molecule has 4 N–H and O–H groups in total. The van der Waals surface area contributed by atoms with Gasteiger partial charge >= 0.3 is 0 Å². The summed E-state index contributed by atoms with van der Waals surface area (Å²) < 4.78 is 5.55. The third-order valence-electron chi connectivity index (χ3n) is 5.81. The topological polar surface area (TPSA) is 96.9 Å². The Hall–Kier alpha value is -3.90. The van der Waals surface area contributed by atoms with E-state index in [0.717, 1.165) is 27.4 Å². The van der Waals surface area contributed by atoms with Crippen molar-refractivity contribution in [3.8, 4) is 0 Å². The first-order valence-corrected chi connectivity index (χ1v) is 10.6. The average Bonchev–Trinajstić information content (AvgIpc) is 3.47. The van der Waals surface area contributed by atoms with Crippen molar-refractivity contribution < 1.29 is 9.21 Å². The summed E-state index contributed by atoms with van der Waals surface area (Å²) in [5, 5.41) is 6.42. The van der Waals surface area contributed by atoms with Crippen LogP contribution in [0.1, 0.15) is 46.5 Å². The number of oxazole rings is 1. The molecule has 5 rings (SSSR count). The molecule has 6 nitrogen and oxygen atoms in total. The van der Waals surface area contributed by atoms with E-state index in [2.05, 4.69) is 45.6 Å². The summed E-state index contributed by atoms with van der Waals surface area (Å²) in [5.74, 6) is 0.0544. The molecule has 2 heterocycles. The van der Waals surface area contributed by atoms with Gasteiger partial charge in [0.25, 0.3) is 5.91 Å². The first-order chi connectivity index (χ1) is 15.6. The molecular weight excluding hydrogens is 400 g/mol. The van der Waals surface area contributed by atoms with Crippen molar-refractivity contribution in [2.75, 3.05) is 0 Å². The third-order valence-corrected chi connectivity index (χ3v) is 5.81. The summed E-state index contributed by atoms with van der Waals surface area (Å²) in [6, 6.07) is 21.8. The number of rotatable bonds is 6. The molecule has 0 spiro atoms. The Balaban J connectivity index is 1.27. The molecule has 0 aliphatic heterocycles. The monoisotopic (exact) mass is 424 g/mol. The van der Waals surface area contributed by atoms with Crippen molar-refractivity contribution in [2.45, 2.75) is 25.4 Å². The SMILES string of the molecule is CC(NC(=O)c1coc(C(N)Cc2c[nH]c3ccccc23)n1)c1ccc2ccccc2c1. The van der Waals surface area contributed by atoms with E-state index in [-0.39, 0.29) is 17.6 Å². The first-order valence-electron chi connectivity index (χ1n) is 10.6. The molecule has 0 bridgehead atoms. The summed E-state index contributed by atoms with van der Waals surface area (Å²) in [5.41, 5.74) is 9.73. The van der Waals surface area contributed by atoms with Crippen LogP contribution in [0.4, 0.5) is 0 Å². The molecule has 0 saturated carbocycles. The molecule has 0 aliphatic carbocycles. The number of carbonyl (C=O) groups excluding carboxylic acids is 1. The van der Waals surface area contributed by atoms with Crippen LogP contribution >= 0.6 is 0 Å². The molecule has 2 atom stereocenters. The molecule has 0 saturated heterocycles. The smallest absolute Gasteiger partial charge is 0.273 e. The molecular formula is C26H24N4O2. The van der Waals surface area contributed by atoms with E-state index in [1.54, 1.807) is 0 Å². The van der Waals surface area contributed by atoms with Crippen molar-refractivity contribution >= 4 is 27.6 Å². The zero-order chi connectivity index (χ0) is 22.1. The third kappa shape index (κ3) is 3.88. The molecule has 5 aromatic rings. The Morgan fingerprint density at radius 2 is 1.88 bits per heavy atom. The van der Waals surface area contributed by atoms with Crippen LogP contribution in [-0.2, 0) is 6.42 Å². The Morgan fingerprint density at radius 3 is 2.75 bits per heavy atom. The van der Waals surface area contributed by atoms with E-state index in [1.807, 2.05) is 49.5 Å². The summed E-state index contributed by atoms with van der Waals surface area (Å²) in [4.78, 5) is 20.3. The van der Waals surface area contributed by atoms with Crippen molar-refractivity contribution in [3.05, 3.63) is 102 Å². The van der Waals surface area contributed by atoms with E-state index < -0.39 is 6.04 Å². The summed E-state index contributed by atoms with van der Waals surface area (Å²) in [6.07, 6.45) is 3.87. The number of benzene rings is 3. The van der Waals surface area contributed by atoms with Gasteiger partial charge < -0.3 is 20.5 Å². The lowest BCUT2D eigenvalue weighted by Gasteiger charge is -2.14. The van der Waals surface area contributed by atoms with Gasteiger partial charge in [0.05, 0.1) is 12.1 Å². The van der Waals surface area contributed by atoms with E-state index in [9.17, 15) is 4.79 Å². The summed E-state index contributed by atoms with van der Waals surface area (Å²) >= 11 is 0. The van der Waals surface area contributed by atoms with Crippen molar-refractivity contribution in [2.24, 2.45) is 5.73 Å². The van der Waals surface area contributed by atoms with Crippen LogP contribution in [0.5, 0.6) is 0 Å². The average molecular weight is 425 g/mol. The van der Waals surface area contributed by atoms with Gasteiger partial charge in [-0.1, -0.05) is 54.6 Å². The zero-order valence-corrected chi connectivity index (χ0v) is 17.7. The second kappa shape index (κ2) is 8.32. The molecule has 0 radical (unpaired) electrons. The van der Waals surface area contributed by atoms with E-state index in [4.69, 9.17) is 10.2 Å². The van der Waals surface area contributed by atoms with Crippen LogP contribution in [0.15, 0.2) is 83.6 Å². The van der Waals surface area contributed by atoms with Crippen molar-refractivity contribution in [3.63, 3.8) is 0 Å². The van der Waals surface area contributed by atoms with Gasteiger partial charge in [0, 0.05) is 17.1 Å². The second-order valence-corrected chi connectivity index (χ2v) is 8.04. The standard InChI is InChI=1S/C26H24N4O2/c1-16(18-11-10-17-6-2-3-7-19(17)12-18)29-25(31)24-15-32-26(30-24)22(27)13-20-14-28-23-9-5-4-8-21(20)23/h2-12,14-16,22,28H,13,27H2,1H3,(H,29,31). The van der Waals surface area contributed by atoms with E-state index in [1.165, 1.54) is 11.6 Å². The molecule has 0 aliphatic rings. The number of hydrogen-bond donors (Lipinski definition) is 3. The summed E-state index contributed by atoms with van der Waals surface area (Å²) in [7, 11) is 0.